The van der Waals surface area contributed by atoms with Gasteiger partial charge in [0.15, 0.2) is 0 Å². The second-order valence-corrected chi connectivity index (χ2v) is 9.01. The largest absolute Gasteiger partial charge is 0.379 e. The Morgan fingerprint density at radius 2 is 0.889 bits per heavy atom. The molecule has 0 atom stereocenters. The van der Waals surface area contributed by atoms with Crippen LogP contribution in [-0.4, -0.2) is 110 Å². The summed E-state index contributed by atoms with van der Waals surface area (Å²) in [6.07, 6.45) is 2.83. The zero-order valence-corrected chi connectivity index (χ0v) is 19.4. The number of rotatable bonds is 3. The molecule has 3 heterocycles. The normalized spacial score (nSPS) is 23.3. The molecule has 0 radical (unpaired) electrons. The van der Waals surface area contributed by atoms with Crippen molar-refractivity contribution >= 4 is 0 Å². The highest BCUT2D eigenvalue weighted by Crippen LogP contribution is 2.10. The molecule has 0 amide bonds. The van der Waals surface area contributed by atoms with E-state index in [1.165, 1.54) is 52.1 Å². The molecule has 162 valence electrons. The van der Waals surface area contributed by atoms with Gasteiger partial charge in [-0.1, -0.05) is 0 Å². The van der Waals surface area contributed by atoms with Crippen LogP contribution in [0.25, 0.3) is 0 Å². The molecule has 0 bridgehead atoms. The number of piperazine rings is 1. The molecule has 0 saturated carbocycles. The summed E-state index contributed by atoms with van der Waals surface area (Å²) in [5, 5.41) is 0. The van der Waals surface area contributed by atoms with Gasteiger partial charge in [0.1, 0.15) is 0 Å². The second-order valence-electron chi connectivity index (χ2n) is 9.01. The van der Waals surface area contributed by atoms with Crippen molar-refractivity contribution in [1.82, 2.24) is 19.6 Å². The minimum Gasteiger partial charge on any atom is -0.379 e. The standard InChI is InChI=1S/C8H18N2.C7H15NO.C7H15N/c1-8(2)10-6-4-9(3)5-7-10;1-7(2)8-3-5-9-6-4-8;1-7(2)8-5-3-4-6-8/h8H,4-7H2,1-3H3;7H,3-6H2,1-2H3;7H,3-6H2,1-2H3. The molecule has 3 saturated heterocycles. The second kappa shape index (κ2) is 13.9. The Morgan fingerprint density at radius 1 is 0.519 bits per heavy atom. The van der Waals surface area contributed by atoms with E-state index in [1.807, 2.05) is 0 Å². The molecule has 0 aromatic carbocycles. The zero-order chi connectivity index (χ0) is 20.2. The maximum atomic E-state index is 5.21. The van der Waals surface area contributed by atoms with Gasteiger partial charge in [-0.05, 0) is 74.5 Å². The molecular weight excluding hydrogens is 336 g/mol. The monoisotopic (exact) mass is 384 g/mol. The van der Waals surface area contributed by atoms with Gasteiger partial charge in [0.05, 0.1) is 13.2 Å². The van der Waals surface area contributed by atoms with Crippen LogP contribution in [0.2, 0.25) is 0 Å². The summed E-state index contributed by atoms with van der Waals surface area (Å²) in [4.78, 5) is 9.88. The van der Waals surface area contributed by atoms with Crippen LogP contribution >= 0.6 is 0 Å². The van der Waals surface area contributed by atoms with Crippen molar-refractivity contribution in [2.75, 3.05) is 72.6 Å². The summed E-state index contributed by atoms with van der Waals surface area (Å²) >= 11 is 0. The first-order chi connectivity index (χ1) is 12.8. The van der Waals surface area contributed by atoms with Crippen LogP contribution in [0.15, 0.2) is 0 Å². The molecule has 3 rings (SSSR count). The van der Waals surface area contributed by atoms with E-state index in [2.05, 4.69) is 68.2 Å². The molecule has 0 unspecified atom stereocenters. The van der Waals surface area contributed by atoms with Gasteiger partial charge < -0.3 is 14.5 Å². The van der Waals surface area contributed by atoms with E-state index in [0.29, 0.717) is 6.04 Å². The fourth-order valence-corrected chi connectivity index (χ4v) is 3.69. The topological polar surface area (TPSA) is 22.2 Å². The fraction of sp³-hybridized carbons (Fsp3) is 1.00. The molecule has 3 aliphatic rings. The van der Waals surface area contributed by atoms with Gasteiger partial charge in [-0.2, -0.15) is 0 Å². The number of likely N-dealkylation sites (tertiary alicyclic amines) is 1. The molecule has 0 N–H and O–H groups in total. The van der Waals surface area contributed by atoms with Gasteiger partial charge in [0.2, 0.25) is 0 Å². The lowest BCUT2D eigenvalue weighted by Crippen LogP contribution is -2.47. The Balaban J connectivity index is 0.000000204. The van der Waals surface area contributed by atoms with E-state index < -0.39 is 0 Å². The Hall–Kier alpha value is -0.200. The molecule has 0 spiro atoms. The lowest BCUT2D eigenvalue weighted by atomic mass is 10.2. The number of hydrogen-bond acceptors (Lipinski definition) is 5. The number of nitrogens with zero attached hydrogens (tertiary/aromatic N) is 4. The predicted octanol–water partition coefficient (Wildman–Crippen LogP) is 2.86. The SMILES string of the molecule is CC(C)N1CCCC1.CC(C)N1CCN(C)CC1.CC(C)N1CCOCC1. The number of hydrogen-bond donors (Lipinski definition) is 0. The number of morpholine rings is 1. The minimum atomic E-state index is 0.689. The van der Waals surface area contributed by atoms with Crippen LogP contribution in [-0.2, 0) is 4.74 Å². The van der Waals surface area contributed by atoms with Crippen LogP contribution in [0.4, 0.5) is 0 Å². The van der Waals surface area contributed by atoms with Gasteiger partial charge in [0, 0.05) is 57.4 Å². The van der Waals surface area contributed by atoms with E-state index in [0.717, 1.165) is 38.4 Å². The summed E-state index contributed by atoms with van der Waals surface area (Å²) in [6, 6.07) is 2.19. The summed E-state index contributed by atoms with van der Waals surface area (Å²) in [5.41, 5.74) is 0. The molecule has 0 aromatic rings. The fourth-order valence-electron chi connectivity index (χ4n) is 3.69. The van der Waals surface area contributed by atoms with Crippen LogP contribution in [0.3, 0.4) is 0 Å². The first kappa shape index (κ1) is 24.8. The first-order valence-corrected chi connectivity index (χ1v) is 11.3. The Kier molecular flexibility index (Phi) is 12.8. The maximum absolute atomic E-state index is 5.21. The van der Waals surface area contributed by atoms with Crippen LogP contribution in [0, 0.1) is 0 Å². The molecule has 0 aliphatic carbocycles. The lowest BCUT2D eigenvalue weighted by Gasteiger charge is -2.34. The molecule has 3 fully saturated rings. The molecule has 0 aromatic heterocycles. The van der Waals surface area contributed by atoms with E-state index in [1.54, 1.807) is 0 Å². The summed E-state index contributed by atoms with van der Waals surface area (Å²) < 4.78 is 5.21. The average molecular weight is 385 g/mol. The molecule has 27 heavy (non-hydrogen) atoms. The van der Waals surface area contributed by atoms with Crippen molar-refractivity contribution in [2.24, 2.45) is 0 Å². The lowest BCUT2D eigenvalue weighted by molar-refractivity contribution is 0.0238. The van der Waals surface area contributed by atoms with E-state index in [-0.39, 0.29) is 0 Å². The van der Waals surface area contributed by atoms with E-state index in [4.69, 9.17) is 4.74 Å². The third-order valence-corrected chi connectivity index (χ3v) is 5.92. The van der Waals surface area contributed by atoms with E-state index in [9.17, 15) is 0 Å². The van der Waals surface area contributed by atoms with Crippen molar-refractivity contribution in [3.63, 3.8) is 0 Å². The average Bonchev–Trinajstić information content (AvgIpc) is 3.19. The molecule has 5 heteroatoms. The van der Waals surface area contributed by atoms with Crippen molar-refractivity contribution in [1.29, 1.82) is 0 Å². The Labute approximate surface area is 170 Å². The van der Waals surface area contributed by atoms with Gasteiger partial charge >= 0.3 is 0 Å². The Morgan fingerprint density at radius 3 is 1.22 bits per heavy atom. The summed E-state index contributed by atoms with van der Waals surface area (Å²) in [7, 11) is 2.19. The van der Waals surface area contributed by atoms with E-state index >= 15 is 0 Å². The third-order valence-electron chi connectivity index (χ3n) is 5.92. The van der Waals surface area contributed by atoms with Crippen molar-refractivity contribution in [3.8, 4) is 0 Å². The highest BCUT2D eigenvalue weighted by Gasteiger charge is 2.15. The van der Waals surface area contributed by atoms with Gasteiger partial charge in [-0.15, -0.1) is 0 Å². The minimum absolute atomic E-state index is 0.689. The number of ether oxygens (including phenoxy) is 1. The zero-order valence-electron chi connectivity index (χ0n) is 19.4. The quantitative estimate of drug-likeness (QED) is 0.744. The summed E-state index contributed by atoms with van der Waals surface area (Å²) in [5.74, 6) is 0. The highest BCUT2D eigenvalue weighted by molar-refractivity contribution is 4.71. The maximum Gasteiger partial charge on any atom is 0.0594 e. The third kappa shape index (κ3) is 10.8. The van der Waals surface area contributed by atoms with Gasteiger partial charge in [-0.3, -0.25) is 9.80 Å². The van der Waals surface area contributed by atoms with Crippen LogP contribution < -0.4 is 0 Å². The smallest absolute Gasteiger partial charge is 0.0594 e. The molecule has 3 aliphatic heterocycles. The van der Waals surface area contributed by atoms with Gasteiger partial charge in [-0.25, -0.2) is 0 Å². The van der Waals surface area contributed by atoms with Crippen LogP contribution in [0.1, 0.15) is 54.4 Å². The molecular formula is C22H48N4O. The van der Waals surface area contributed by atoms with Crippen LogP contribution in [0.5, 0.6) is 0 Å². The first-order valence-electron chi connectivity index (χ1n) is 11.3. The Bertz CT molecular complexity index is 342. The van der Waals surface area contributed by atoms with Crippen molar-refractivity contribution < 1.29 is 4.74 Å². The highest BCUT2D eigenvalue weighted by atomic mass is 16.5. The summed E-state index contributed by atoms with van der Waals surface area (Å²) in [6.45, 7) is 25.2. The molecule has 5 nitrogen and oxygen atoms in total. The van der Waals surface area contributed by atoms with Gasteiger partial charge in [0.25, 0.3) is 0 Å². The van der Waals surface area contributed by atoms with Crippen molar-refractivity contribution in [3.05, 3.63) is 0 Å². The number of likely N-dealkylation sites (N-methyl/N-ethyl adjacent to an activating group) is 1. The van der Waals surface area contributed by atoms with Crippen molar-refractivity contribution in [2.45, 2.75) is 72.5 Å². The predicted molar refractivity (Wildman–Crippen MR) is 118 cm³/mol.